The van der Waals surface area contributed by atoms with Gasteiger partial charge in [0, 0.05) is 23.5 Å². The first-order valence-corrected chi connectivity index (χ1v) is 6.89. The fourth-order valence-corrected chi connectivity index (χ4v) is 2.26. The van der Waals surface area contributed by atoms with Gasteiger partial charge in [-0.2, -0.15) is 13.2 Å². The van der Waals surface area contributed by atoms with Crippen LogP contribution in [0.4, 0.5) is 13.2 Å². The Morgan fingerprint density at radius 1 is 1.12 bits per heavy atom. The molecular formula is C17H11F3N2O2. The third-order valence-corrected chi connectivity index (χ3v) is 3.61. The van der Waals surface area contributed by atoms with Crippen LogP contribution in [0.2, 0.25) is 0 Å². The molecule has 3 rings (SSSR count). The fraction of sp³-hybridized carbons (Fsp3) is 0.176. The SMILES string of the molecule is C#Cc1cncc(-c2ccc(C3=NOC(O)(C(F)(F)F)C3)cc2)c1. The van der Waals surface area contributed by atoms with Crippen LogP contribution < -0.4 is 0 Å². The summed E-state index contributed by atoms with van der Waals surface area (Å²) in [7, 11) is 0. The number of alkyl halides is 3. The van der Waals surface area contributed by atoms with Gasteiger partial charge in [0.1, 0.15) is 0 Å². The maximum Gasteiger partial charge on any atom is 0.458 e. The Kier molecular flexibility index (Phi) is 3.78. The molecule has 122 valence electrons. The van der Waals surface area contributed by atoms with Gasteiger partial charge < -0.3 is 9.94 Å². The number of pyridine rings is 1. The maximum absolute atomic E-state index is 12.7. The summed E-state index contributed by atoms with van der Waals surface area (Å²) in [6.45, 7) is 0. The monoisotopic (exact) mass is 332 g/mol. The van der Waals surface area contributed by atoms with E-state index >= 15 is 0 Å². The Hall–Kier alpha value is -2.85. The molecule has 2 aromatic rings. The summed E-state index contributed by atoms with van der Waals surface area (Å²) in [5, 5.41) is 12.8. The van der Waals surface area contributed by atoms with E-state index in [2.05, 4.69) is 20.9 Å². The van der Waals surface area contributed by atoms with Gasteiger partial charge in [0.05, 0.1) is 12.1 Å². The summed E-state index contributed by atoms with van der Waals surface area (Å²) < 4.78 is 38.2. The molecule has 0 fully saturated rings. The molecule has 0 bridgehead atoms. The van der Waals surface area contributed by atoms with Crippen LogP contribution in [-0.2, 0) is 4.84 Å². The first-order valence-electron chi connectivity index (χ1n) is 6.89. The van der Waals surface area contributed by atoms with Crippen LogP contribution in [0.1, 0.15) is 17.5 Å². The van der Waals surface area contributed by atoms with Crippen LogP contribution in [0, 0.1) is 12.3 Å². The largest absolute Gasteiger partial charge is 0.458 e. The summed E-state index contributed by atoms with van der Waals surface area (Å²) in [5.74, 6) is -0.788. The second kappa shape index (κ2) is 5.65. The number of halogens is 3. The van der Waals surface area contributed by atoms with E-state index in [-0.39, 0.29) is 5.71 Å². The Bertz CT molecular complexity index is 838. The Labute approximate surface area is 135 Å². The van der Waals surface area contributed by atoms with E-state index in [1.807, 2.05) is 0 Å². The van der Waals surface area contributed by atoms with Crippen molar-refractivity contribution in [3.8, 4) is 23.5 Å². The molecular weight excluding hydrogens is 321 g/mol. The highest BCUT2D eigenvalue weighted by Gasteiger charge is 2.60. The topological polar surface area (TPSA) is 54.7 Å². The van der Waals surface area contributed by atoms with E-state index in [4.69, 9.17) is 6.42 Å². The predicted octanol–water partition coefficient (Wildman–Crippen LogP) is 3.11. The molecule has 0 radical (unpaired) electrons. The zero-order valence-corrected chi connectivity index (χ0v) is 12.2. The average molecular weight is 332 g/mol. The lowest BCUT2D eigenvalue weighted by Gasteiger charge is -2.22. The van der Waals surface area contributed by atoms with E-state index in [1.54, 1.807) is 42.7 Å². The first kappa shape index (κ1) is 16.0. The normalized spacial score (nSPS) is 20.2. The molecule has 0 spiro atoms. The molecule has 0 saturated heterocycles. The molecule has 1 aromatic heterocycles. The van der Waals surface area contributed by atoms with E-state index in [0.29, 0.717) is 11.1 Å². The number of rotatable bonds is 2. The molecule has 0 amide bonds. The lowest BCUT2D eigenvalue weighted by atomic mass is 9.99. The second-order valence-corrected chi connectivity index (χ2v) is 5.27. The van der Waals surface area contributed by atoms with Crippen molar-refractivity contribution >= 4 is 5.71 Å². The van der Waals surface area contributed by atoms with E-state index in [1.165, 1.54) is 0 Å². The van der Waals surface area contributed by atoms with Gasteiger partial charge in [-0.25, -0.2) is 0 Å². The van der Waals surface area contributed by atoms with Gasteiger partial charge in [0.2, 0.25) is 0 Å². The third kappa shape index (κ3) is 2.84. The highest BCUT2D eigenvalue weighted by Crippen LogP contribution is 2.39. The molecule has 1 N–H and O–H groups in total. The Balaban J connectivity index is 1.82. The van der Waals surface area contributed by atoms with E-state index < -0.39 is 18.4 Å². The maximum atomic E-state index is 12.7. The summed E-state index contributed by atoms with van der Waals surface area (Å²) in [5.41, 5.74) is 2.67. The van der Waals surface area contributed by atoms with Crippen LogP contribution in [0.25, 0.3) is 11.1 Å². The molecule has 1 aliphatic heterocycles. The van der Waals surface area contributed by atoms with Crippen LogP contribution in [0.3, 0.4) is 0 Å². The number of nitrogens with zero attached hydrogens (tertiary/aromatic N) is 2. The summed E-state index contributed by atoms with van der Waals surface area (Å²) >= 11 is 0. The average Bonchev–Trinajstić information content (AvgIpc) is 2.99. The van der Waals surface area contributed by atoms with Gasteiger partial charge in [0.15, 0.2) is 0 Å². The Morgan fingerprint density at radius 2 is 1.79 bits per heavy atom. The molecule has 7 heteroatoms. The first-order chi connectivity index (χ1) is 11.3. The van der Waals surface area contributed by atoms with Crippen molar-refractivity contribution in [3.05, 3.63) is 53.9 Å². The fourth-order valence-electron chi connectivity index (χ4n) is 2.26. The zero-order chi connectivity index (χ0) is 17.4. The van der Waals surface area contributed by atoms with Gasteiger partial charge in [-0.05, 0) is 17.2 Å². The van der Waals surface area contributed by atoms with E-state index in [0.717, 1.165) is 11.1 Å². The number of aromatic nitrogens is 1. The van der Waals surface area contributed by atoms with Crippen LogP contribution >= 0.6 is 0 Å². The standard InChI is InChI=1S/C17H11F3N2O2/c1-2-11-7-14(10-21-9-11)12-3-5-13(6-4-12)15-8-16(23,24-22-15)17(18,19)20/h1,3-7,9-10,23H,8H2. The van der Waals surface area contributed by atoms with Crippen molar-refractivity contribution in [2.45, 2.75) is 18.4 Å². The molecule has 0 saturated carbocycles. The number of hydrogen-bond donors (Lipinski definition) is 1. The van der Waals surface area contributed by atoms with Crippen molar-refractivity contribution in [2.75, 3.05) is 0 Å². The van der Waals surface area contributed by atoms with Crippen LogP contribution in [0.5, 0.6) is 0 Å². The van der Waals surface area contributed by atoms with E-state index in [9.17, 15) is 18.3 Å². The van der Waals surface area contributed by atoms with Gasteiger partial charge >= 0.3 is 12.0 Å². The lowest BCUT2D eigenvalue weighted by molar-refractivity contribution is -0.355. The zero-order valence-electron chi connectivity index (χ0n) is 12.2. The molecule has 1 atom stereocenters. The van der Waals surface area contributed by atoms with Crippen LogP contribution in [0.15, 0.2) is 47.9 Å². The molecule has 2 heterocycles. The van der Waals surface area contributed by atoms with Crippen LogP contribution in [-0.4, -0.2) is 27.8 Å². The number of benzene rings is 1. The molecule has 0 aliphatic carbocycles. The molecule has 1 aliphatic rings. The summed E-state index contributed by atoms with van der Waals surface area (Å²) in [4.78, 5) is 8.24. The molecule has 1 aromatic carbocycles. The number of hydrogen-bond acceptors (Lipinski definition) is 4. The number of aliphatic hydroxyl groups is 1. The van der Waals surface area contributed by atoms with Gasteiger partial charge in [-0.1, -0.05) is 35.3 Å². The third-order valence-electron chi connectivity index (χ3n) is 3.61. The van der Waals surface area contributed by atoms with Gasteiger partial charge in [-0.3, -0.25) is 4.98 Å². The molecule has 1 unspecified atom stereocenters. The van der Waals surface area contributed by atoms with Crippen molar-refractivity contribution in [2.24, 2.45) is 5.16 Å². The Morgan fingerprint density at radius 3 is 2.38 bits per heavy atom. The lowest BCUT2D eigenvalue weighted by Crippen LogP contribution is -2.45. The summed E-state index contributed by atoms with van der Waals surface area (Å²) in [6, 6.07) is 8.39. The minimum absolute atomic E-state index is 0.0249. The quantitative estimate of drug-likeness (QED) is 0.860. The smallest absolute Gasteiger partial charge is 0.350 e. The second-order valence-electron chi connectivity index (χ2n) is 5.27. The predicted molar refractivity (Wildman–Crippen MR) is 80.9 cm³/mol. The number of terminal acetylenes is 1. The van der Waals surface area contributed by atoms with Gasteiger partial charge in [-0.15, -0.1) is 6.42 Å². The van der Waals surface area contributed by atoms with Crippen molar-refractivity contribution in [3.63, 3.8) is 0 Å². The molecule has 4 nitrogen and oxygen atoms in total. The summed E-state index contributed by atoms with van der Waals surface area (Å²) in [6.07, 6.45) is 2.84. The molecule has 24 heavy (non-hydrogen) atoms. The minimum atomic E-state index is -4.92. The van der Waals surface area contributed by atoms with Crippen molar-refractivity contribution < 1.29 is 23.1 Å². The van der Waals surface area contributed by atoms with Gasteiger partial charge in [0.25, 0.3) is 0 Å². The van der Waals surface area contributed by atoms with Crippen molar-refractivity contribution in [1.29, 1.82) is 0 Å². The highest BCUT2D eigenvalue weighted by molar-refractivity contribution is 6.01. The van der Waals surface area contributed by atoms with Crippen molar-refractivity contribution in [1.82, 2.24) is 4.98 Å². The highest BCUT2D eigenvalue weighted by atomic mass is 19.4. The number of oxime groups is 1. The minimum Gasteiger partial charge on any atom is -0.350 e.